The number of hydrogen-bond acceptors (Lipinski definition) is 7. The Morgan fingerprint density at radius 1 is 0.900 bits per heavy atom. The minimum absolute atomic E-state index is 0.0786. The van der Waals surface area contributed by atoms with Crippen molar-refractivity contribution in [3.63, 3.8) is 0 Å². The van der Waals surface area contributed by atoms with Gasteiger partial charge in [0.05, 0.1) is 20.3 Å². The largest absolute Gasteiger partial charge is 0.489 e. The topological polar surface area (TPSA) is 80.3 Å². The molecule has 0 N–H and O–H groups in total. The van der Waals surface area contributed by atoms with E-state index >= 15 is 0 Å². The van der Waals surface area contributed by atoms with Gasteiger partial charge >= 0.3 is 11.9 Å². The normalized spacial score (nSPS) is 10.5. The Bertz CT molecular complexity index is 710. The standard InChI is InChI=1S/C23H32O7/c1-5-8-14-29-22-18(11-13-21(25)26-4)10-12-19(23(22)30-15-9-6-2)27-16-17-28-20(24)7-3/h7,10-13H,3,5-6,8-9,14-17H2,1-2,4H3. The molecule has 0 saturated heterocycles. The SMILES string of the molecule is C=CC(=O)OCCOc1ccc(C=CC(=O)OC)c(OCCCC)c1OCCCC. The van der Waals surface area contributed by atoms with Crippen LogP contribution in [0, 0.1) is 0 Å². The van der Waals surface area contributed by atoms with Crippen molar-refractivity contribution < 1.29 is 33.3 Å². The van der Waals surface area contributed by atoms with Crippen LogP contribution in [0.25, 0.3) is 6.08 Å². The number of methoxy groups -OCH3 is 1. The van der Waals surface area contributed by atoms with Crippen LogP contribution >= 0.6 is 0 Å². The maximum absolute atomic E-state index is 11.5. The van der Waals surface area contributed by atoms with E-state index in [4.69, 9.17) is 18.9 Å². The lowest BCUT2D eigenvalue weighted by atomic mass is 10.1. The summed E-state index contributed by atoms with van der Waals surface area (Å²) in [4.78, 5) is 22.7. The molecule has 1 aromatic rings. The summed E-state index contributed by atoms with van der Waals surface area (Å²) in [5.74, 6) is 0.460. The predicted molar refractivity (Wildman–Crippen MR) is 115 cm³/mol. The lowest BCUT2D eigenvalue weighted by Crippen LogP contribution is -2.12. The zero-order valence-corrected chi connectivity index (χ0v) is 18.1. The summed E-state index contributed by atoms with van der Waals surface area (Å²) in [6.45, 7) is 8.72. The van der Waals surface area contributed by atoms with E-state index in [1.165, 1.54) is 13.2 Å². The number of benzene rings is 1. The molecule has 0 fully saturated rings. The molecular weight excluding hydrogens is 388 g/mol. The first-order valence-electron chi connectivity index (χ1n) is 10.2. The monoisotopic (exact) mass is 420 g/mol. The smallest absolute Gasteiger partial charge is 0.330 e. The quantitative estimate of drug-likeness (QED) is 0.237. The van der Waals surface area contributed by atoms with Crippen LogP contribution in [0.5, 0.6) is 17.2 Å². The molecule has 0 saturated carbocycles. The minimum Gasteiger partial charge on any atom is -0.489 e. The molecule has 0 amide bonds. The van der Waals surface area contributed by atoms with Crippen molar-refractivity contribution in [3.05, 3.63) is 36.4 Å². The van der Waals surface area contributed by atoms with E-state index < -0.39 is 11.9 Å². The Hall–Kier alpha value is -2.96. The summed E-state index contributed by atoms with van der Waals surface area (Å²) in [6, 6.07) is 3.51. The highest BCUT2D eigenvalue weighted by molar-refractivity contribution is 5.88. The summed E-state index contributed by atoms with van der Waals surface area (Å²) in [7, 11) is 1.32. The first kappa shape index (κ1) is 25.1. The number of unbranched alkanes of at least 4 members (excludes halogenated alkanes) is 2. The molecule has 0 radical (unpaired) electrons. The van der Waals surface area contributed by atoms with Gasteiger partial charge in [-0.3, -0.25) is 0 Å². The van der Waals surface area contributed by atoms with Crippen molar-refractivity contribution in [2.45, 2.75) is 39.5 Å². The zero-order chi connectivity index (χ0) is 22.2. The lowest BCUT2D eigenvalue weighted by Gasteiger charge is -2.19. The van der Waals surface area contributed by atoms with Gasteiger partial charge in [0.15, 0.2) is 11.5 Å². The second-order valence-electron chi connectivity index (χ2n) is 6.29. The van der Waals surface area contributed by atoms with Gasteiger partial charge in [0.2, 0.25) is 5.75 Å². The van der Waals surface area contributed by atoms with Crippen LogP contribution in [0.3, 0.4) is 0 Å². The van der Waals surface area contributed by atoms with Crippen LogP contribution in [-0.2, 0) is 19.1 Å². The number of esters is 2. The van der Waals surface area contributed by atoms with E-state index in [0.717, 1.165) is 31.8 Å². The van der Waals surface area contributed by atoms with E-state index in [-0.39, 0.29) is 13.2 Å². The predicted octanol–water partition coefficient (Wildman–Crippen LogP) is 4.34. The summed E-state index contributed by atoms with van der Waals surface area (Å²) in [6.07, 6.45) is 7.74. The highest BCUT2D eigenvalue weighted by Gasteiger charge is 2.17. The number of rotatable bonds is 15. The zero-order valence-electron chi connectivity index (χ0n) is 18.1. The second kappa shape index (κ2) is 15.0. The lowest BCUT2D eigenvalue weighted by molar-refractivity contribution is -0.138. The number of hydrogen-bond donors (Lipinski definition) is 0. The third-order valence-electron chi connectivity index (χ3n) is 3.95. The van der Waals surface area contributed by atoms with Gasteiger partial charge < -0.3 is 23.7 Å². The van der Waals surface area contributed by atoms with Gasteiger partial charge in [0.1, 0.15) is 13.2 Å². The molecule has 166 valence electrons. The van der Waals surface area contributed by atoms with Crippen LogP contribution in [0.4, 0.5) is 0 Å². The first-order chi connectivity index (χ1) is 14.6. The van der Waals surface area contributed by atoms with Crippen molar-refractivity contribution in [1.82, 2.24) is 0 Å². The molecule has 0 unspecified atom stereocenters. The van der Waals surface area contributed by atoms with Gasteiger partial charge in [0, 0.05) is 17.7 Å². The molecule has 1 aromatic carbocycles. The highest BCUT2D eigenvalue weighted by atomic mass is 16.6. The van der Waals surface area contributed by atoms with Crippen LogP contribution in [0.2, 0.25) is 0 Å². The molecule has 0 bridgehead atoms. The summed E-state index contributed by atoms with van der Waals surface area (Å²) in [5.41, 5.74) is 0.674. The molecule has 30 heavy (non-hydrogen) atoms. The van der Waals surface area contributed by atoms with E-state index in [0.29, 0.717) is 36.0 Å². The van der Waals surface area contributed by atoms with E-state index in [1.807, 2.05) is 0 Å². The second-order valence-corrected chi connectivity index (χ2v) is 6.29. The van der Waals surface area contributed by atoms with Crippen molar-refractivity contribution in [1.29, 1.82) is 0 Å². The van der Waals surface area contributed by atoms with E-state index in [9.17, 15) is 9.59 Å². The minimum atomic E-state index is -0.509. The van der Waals surface area contributed by atoms with Crippen LogP contribution in [-0.4, -0.2) is 45.5 Å². The number of carbonyl (C=O) groups excluding carboxylic acids is 2. The number of carbonyl (C=O) groups is 2. The van der Waals surface area contributed by atoms with Crippen molar-refractivity contribution in [3.8, 4) is 17.2 Å². The molecule has 7 nitrogen and oxygen atoms in total. The molecule has 0 aliphatic heterocycles. The molecule has 0 heterocycles. The van der Waals surface area contributed by atoms with Crippen LogP contribution in [0.15, 0.2) is 30.9 Å². The maximum Gasteiger partial charge on any atom is 0.330 e. The fraction of sp³-hybridized carbons (Fsp3) is 0.478. The summed E-state index contributed by atoms with van der Waals surface area (Å²) < 4.78 is 27.4. The van der Waals surface area contributed by atoms with E-state index in [2.05, 4.69) is 25.2 Å². The molecule has 1 rings (SSSR count). The van der Waals surface area contributed by atoms with Gasteiger partial charge in [-0.2, -0.15) is 0 Å². The maximum atomic E-state index is 11.5. The fourth-order valence-electron chi connectivity index (χ4n) is 2.31. The molecule has 7 heteroatoms. The average Bonchev–Trinajstić information content (AvgIpc) is 2.76. The molecule has 0 aromatic heterocycles. The van der Waals surface area contributed by atoms with Gasteiger partial charge in [-0.1, -0.05) is 33.3 Å². The van der Waals surface area contributed by atoms with Gasteiger partial charge in [0.25, 0.3) is 0 Å². The first-order valence-corrected chi connectivity index (χ1v) is 10.2. The van der Waals surface area contributed by atoms with Gasteiger partial charge in [-0.15, -0.1) is 0 Å². The highest BCUT2D eigenvalue weighted by Crippen LogP contribution is 2.41. The van der Waals surface area contributed by atoms with Crippen LogP contribution in [0.1, 0.15) is 45.1 Å². The third kappa shape index (κ3) is 9.03. The van der Waals surface area contributed by atoms with Crippen molar-refractivity contribution in [2.75, 3.05) is 33.5 Å². The molecule has 0 atom stereocenters. The Balaban J connectivity index is 3.15. The Morgan fingerprint density at radius 3 is 2.17 bits per heavy atom. The third-order valence-corrected chi connectivity index (χ3v) is 3.95. The molecular formula is C23H32O7. The Morgan fingerprint density at radius 2 is 1.57 bits per heavy atom. The van der Waals surface area contributed by atoms with Crippen molar-refractivity contribution in [2.24, 2.45) is 0 Å². The van der Waals surface area contributed by atoms with Crippen LogP contribution < -0.4 is 14.2 Å². The van der Waals surface area contributed by atoms with Gasteiger partial charge in [-0.05, 0) is 31.1 Å². The average molecular weight is 421 g/mol. The summed E-state index contributed by atoms with van der Waals surface area (Å²) >= 11 is 0. The Labute approximate surface area is 178 Å². The van der Waals surface area contributed by atoms with E-state index in [1.54, 1.807) is 18.2 Å². The fourth-order valence-corrected chi connectivity index (χ4v) is 2.31. The van der Waals surface area contributed by atoms with Crippen molar-refractivity contribution >= 4 is 18.0 Å². The molecule has 0 aliphatic carbocycles. The van der Waals surface area contributed by atoms with Gasteiger partial charge in [-0.25, -0.2) is 9.59 Å². The molecule has 0 aliphatic rings. The molecule has 0 spiro atoms. The summed E-state index contributed by atoms with van der Waals surface area (Å²) in [5, 5.41) is 0. The Kier molecular flexibility index (Phi) is 12.5. The number of ether oxygens (including phenoxy) is 5.